The fraction of sp³-hybridized carbons (Fsp3) is 0.417. The summed E-state index contributed by atoms with van der Waals surface area (Å²) in [4.78, 5) is 26.7. The molecule has 2 aromatic rings. The number of likely N-dealkylation sites (tertiary alicyclic amines) is 1. The zero-order chi connectivity index (χ0) is 22.1. The van der Waals surface area contributed by atoms with E-state index in [2.05, 4.69) is 20.9 Å². The number of urea groups is 1. The van der Waals surface area contributed by atoms with E-state index in [1.54, 1.807) is 0 Å². The van der Waals surface area contributed by atoms with Gasteiger partial charge in [0.15, 0.2) is 0 Å². The summed E-state index contributed by atoms with van der Waals surface area (Å²) in [6, 6.07) is 17.1. The summed E-state index contributed by atoms with van der Waals surface area (Å²) in [5, 5.41) is 8.88. The highest BCUT2D eigenvalue weighted by molar-refractivity contribution is 5.92. The minimum Gasteiger partial charge on any atom is -0.491 e. The van der Waals surface area contributed by atoms with Gasteiger partial charge in [0.05, 0.1) is 12.6 Å². The monoisotopic (exact) mass is 424 g/mol. The lowest BCUT2D eigenvalue weighted by molar-refractivity contribution is -0.117. The van der Waals surface area contributed by atoms with Crippen molar-refractivity contribution in [1.82, 2.24) is 15.5 Å². The Morgan fingerprint density at radius 1 is 1.03 bits per heavy atom. The summed E-state index contributed by atoms with van der Waals surface area (Å²) < 4.78 is 5.80. The van der Waals surface area contributed by atoms with Gasteiger partial charge in [-0.1, -0.05) is 36.4 Å². The van der Waals surface area contributed by atoms with E-state index in [4.69, 9.17) is 4.74 Å². The van der Waals surface area contributed by atoms with Gasteiger partial charge >= 0.3 is 6.03 Å². The van der Waals surface area contributed by atoms with Crippen LogP contribution in [0, 0.1) is 0 Å². The lowest BCUT2D eigenvalue weighted by atomic mass is 10.1. The van der Waals surface area contributed by atoms with Gasteiger partial charge < -0.3 is 20.7 Å². The van der Waals surface area contributed by atoms with Gasteiger partial charge in [0, 0.05) is 36.9 Å². The van der Waals surface area contributed by atoms with Gasteiger partial charge in [0.2, 0.25) is 5.91 Å². The van der Waals surface area contributed by atoms with E-state index in [1.807, 2.05) is 68.4 Å². The van der Waals surface area contributed by atoms with Crippen LogP contribution in [-0.2, 0) is 11.3 Å². The number of amides is 3. The average molecular weight is 425 g/mol. The van der Waals surface area contributed by atoms with Gasteiger partial charge in [0.1, 0.15) is 5.75 Å². The van der Waals surface area contributed by atoms with Crippen LogP contribution in [0.3, 0.4) is 0 Å². The van der Waals surface area contributed by atoms with Gasteiger partial charge in [-0.25, -0.2) is 4.79 Å². The molecule has 0 atom stereocenters. The average Bonchev–Trinajstić information content (AvgIpc) is 2.75. The first-order valence-electron chi connectivity index (χ1n) is 10.9. The van der Waals surface area contributed by atoms with Crippen molar-refractivity contribution in [2.75, 3.05) is 25.0 Å². The largest absolute Gasteiger partial charge is 0.491 e. The highest BCUT2D eigenvalue weighted by Gasteiger charge is 2.22. The maximum absolute atomic E-state index is 12.3. The van der Waals surface area contributed by atoms with E-state index in [0.29, 0.717) is 13.1 Å². The number of ether oxygens (including phenoxy) is 1. The van der Waals surface area contributed by atoms with Gasteiger partial charge in [-0.3, -0.25) is 9.69 Å². The fourth-order valence-electron chi connectivity index (χ4n) is 3.59. The standard InChI is InChI=1S/C24H32N4O3/c1-18(2)31-22-11-7-6-8-19(22)16-25-24(30)27-21-12-14-28(15-13-21)17-23(29)26-20-9-4-3-5-10-20/h3-11,18,21H,12-17H2,1-2H3,(H,26,29)(H2,25,27,30). The molecule has 0 aromatic heterocycles. The normalized spacial score (nSPS) is 14.8. The quantitative estimate of drug-likeness (QED) is 0.607. The number of nitrogens with one attached hydrogen (secondary N) is 3. The van der Waals surface area contributed by atoms with E-state index < -0.39 is 0 Å². The van der Waals surface area contributed by atoms with E-state index >= 15 is 0 Å². The summed E-state index contributed by atoms with van der Waals surface area (Å²) in [7, 11) is 0. The van der Waals surface area contributed by atoms with Crippen LogP contribution in [0.1, 0.15) is 32.3 Å². The van der Waals surface area contributed by atoms with Crippen LogP contribution in [0.2, 0.25) is 0 Å². The summed E-state index contributed by atoms with van der Waals surface area (Å²) in [5.41, 5.74) is 1.76. The topological polar surface area (TPSA) is 82.7 Å². The molecular formula is C24H32N4O3. The first kappa shape index (κ1) is 22.6. The third-order valence-corrected chi connectivity index (χ3v) is 5.12. The van der Waals surface area contributed by atoms with Crippen LogP contribution in [0.25, 0.3) is 0 Å². The Bertz CT molecular complexity index is 849. The molecule has 7 nitrogen and oxygen atoms in total. The molecule has 31 heavy (non-hydrogen) atoms. The van der Waals surface area contributed by atoms with Gasteiger partial charge in [-0.2, -0.15) is 0 Å². The number of piperidine rings is 1. The maximum Gasteiger partial charge on any atom is 0.315 e. The molecule has 0 unspecified atom stereocenters. The summed E-state index contributed by atoms with van der Waals surface area (Å²) in [6.07, 6.45) is 1.72. The molecule has 3 rings (SSSR count). The van der Waals surface area contributed by atoms with Crippen molar-refractivity contribution >= 4 is 17.6 Å². The summed E-state index contributed by atoms with van der Waals surface area (Å²) in [5.74, 6) is 0.775. The smallest absolute Gasteiger partial charge is 0.315 e. The van der Waals surface area contributed by atoms with Crippen molar-refractivity contribution in [1.29, 1.82) is 0 Å². The van der Waals surface area contributed by atoms with Crippen LogP contribution in [0.4, 0.5) is 10.5 Å². The van der Waals surface area contributed by atoms with E-state index in [0.717, 1.165) is 42.9 Å². The highest BCUT2D eigenvalue weighted by atomic mass is 16.5. The molecule has 1 fully saturated rings. The molecule has 0 radical (unpaired) electrons. The molecular weight excluding hydrogens is 392 g/mol. The van der Waals surface area contributed by atoms with Gasteiger partial charge in [0.25, 0.3) is 0 Å². The molecule has 0 aliphatic carbocycles. The van der Waals surface area contributed by atoms with Crippen LogP contribution in [-0.4, -0.2) is 48.6 Å². The van der Waals surface area contributed by atoms with E-state index in [-0.39, 0.29) is 24.1 Å². The molecule has 7 heteroatoms. The summed E-state index contributed by atoms with van der Waals surface area (Å²) >= 11 is 0. The first-order valence-corrected chi connectivity index (χ1v) is 10.9. The van der Waals surface area contributed by atoms with Gasteiger partial charge in [-0.15, -0.1) is 0 Å². The predicted molar refractivity (Wildman–Crippen MR) is 122 cm³/mol. The molecule has 3 amide bonds. The SMILES string of the molecule is CC(C)Oc1ccccc1CNC(=O)NC1CCN(CC(=O)Nc2ccccc2)CC1. The number of anilines is 1. The lowest BCUT2D eigenvalue weighted by Gasteiger charge is -2.31. The molecule has 0 saturated carbocycles. The predicted octanol–water partition coefficient (Wildman–Crippen LogP) is 3.38. The number of para-hydroxylation sites is 2. The molecule has 166 valence electrons. The number of hydrogen-bond donors (Lipinski definition) is 3. The fourth-order valence-corrected chi connectivity index (χ4v) is 3.59. The molecule has 1 saturated heterocycles. The zero-order valence-electron chi connectivity index (χ0n) is 18.3. The van der Waals surface area contributed by atoms with Crippen LogP contribution in [0.5, 0.6) is 5.75 Å². The van der Waals surface area contributed by atoms with Crippen LogP contribution >= 0.6 is 0 Å². The minimum atomic E-state index is -0.181. The highest BCUT2D eigenvalue weighted by Crippen LogP contribution is 2.19. The third-order valence-electron chi connectivity index (χ3n) is 5.12. The molecule has 1 aliphatic heterocycles. The van der Waals surface area contributed by atoms with Crippen molar-refractivity contribution in [3.8, 4) is 5.75 Å². The molecule has 3 N–H and O–H groups in total. The lowest BCUT2D eigenvalue weighted by Crippen LogP contribution is -2.48. The number of benzene rings is 2. The molecule has 0 spiro atoms. The van der Waals surface area contributed by atoms with Crippen molar-refractivity contribution in [3.05, 3.63) is 60.2 Å². The van der Waals surface area contributed by atoms with Crippen molar-refractivity contribution in [2.45, 2.75) is 45.4 Å². The minimum absolute atomic E-state index is 0.0161. The Labute approximate surface area is 184 Å². The first-order chi connectivity index (χ1) is 15.0. The van der Waals surface area contributed by atoms with Crippen molar-refractivity contribution < 1.29 is 14.3 Å². The van der Waals surface area contributed by atoms with Gasteiger partial charge in [-0.05, 0) is 44.9 Å². The molecule has 1 heterocycles. The maximum atomic E-state index is 12.3. The van der Waals surface area contributed by atoms with Crippen LogP contribution in [0.15, 0.2) is 54.6 Å². The van der Waals surface area contributed by atoms with Crippen LogP contribution < -0.4 is 20.7 Å². The Kier molecular flexibility index (Phi) is 8.29. The Morgan fingerprint density at radius 3 is 2.42 bits per heavy atom. The van der Waals surface area contributed by atoms with E-state index in [1.165, 1.54) is 0 Å². The zero-order valence-corrected chi connectivity index (χ0v) is 18.3. The number of carbonyl (C=O) groups excluding carboxylic acids is 2. The van der Waals surface area contributed by atoms with E-state index in [9.17, 15) is 9.59 Å². The number of rotatable bonds is 8. The Morgan fingerprint density at radius 2 is 1.71 bits per heavy atom. The number of hydrogen-bond acceptors (Lipinski definition) is 4. The Balaban J connectivity index is 1.37. The van der Waals surface area contributed by atoms with Crippen molar-refractivity contribution in [3.63, 3.8) is 0 Å². The molecule has 0 bridgehead atoms. The Hall–Kier alpha value is -3.06. The third kappa shape index (κ3) is 7.61. The second kappa shape index (κ2) is 11.4. The second-order valence-corrected chi connectivity index (χ2v) is 8.07. The molecule has 1 aliphatic rings. The number of nitrogens with zero attached hydrogens (tertiary/aromatic N) is 1. The molecule has 2 aromatic carbocycles. The number of carbonyl (C=O) groups is 2. The summed E-state index contributed by atoms with van der Waals surface area (Å²) in [6.45, 7) is 6.28. The second-order valence-electron chi connectivity index (χ2n) is 8.07. The van der Waals surface area contributed by atoms with Crippen molar-refractivity contribution in [2.24, 2.45) is 0 Å².